The molecule has 2 saturated heterocycles. The van der Waals surface area contributed by atoms with Gasteiger partial charge in [0.2, 0.25) is 17.7 Å². The zero-order chi connectivity index (χ0) is 37.5. The predicted molar refractivity (Wildman–Crippen MR) is 203 cm³/mol. The molecule has 2 fully saturated rings. The van der Waals surface area contributed by atoms with Crippen molar-refractivity contribution in [1.82, 2.24) is 35.8 Å². The maximum absolute atomic E-state index is 13.5. The number of benzene rings is 1. The molecule has 15 heteroatoms. The van der Waals surface area contributed by atoms with E-state index in [0.717, 1.165) is 30.4 Å². The van der Waals surface area contributed by atoms with E-state index in [-0.39, 0.29) is 34.6 Å². The molecule has 5 heterocycles. The third-order valence-electron chi connectivity index (χ3n) is 9.51. The highest BCUT2D eigenvalue weighted by Gasteiger charge is 2.23. The quantitative estimate of drug-likeness (QED) is 0.142. The van der Waals surface area contributed by atoms with Crippen molar-refractivity contribution in [3.8, 4) is 34.1 Å². The molecular formula is C38H42Cl2N8O5. The molecule has 1 unspecified atom stereocenters. The van der Waals surface area contributed by atoms with Crippen molar-refractivity contribution in [3.05, 3.63) is 81.7 Å². The summed E-state index contributed by atoms with van der Waals surface area (Å²) in [7, 11) is 3.12. The van der Waals surface area contributed by atoms with Gasteiger partial charge in [-0.05, 0) is 43.5 Å². The summed E-state index contributed by atoms with van der Waals surface area (Å²) < 4.78 is 11.1. The first-order valence-electron chi connectivity index (χ1n) is 17.5. The van der Waals surface area contributed by atoms with Crippen LogP contribution < -0.4 is 30.7 Å². The number of carbonyl (C=O) groups is 3. The normalized spacial score (nSPS) is 16.0. The van der Waals surface area contributed by atoms with Gasteiger partial charge in [-0.2, -0.15) is 0 Å². The summed E-state index contributed by atoms with van der Waals surface area (Å²) in [5.74, 6) is 0.728. The fourth-order valence-electron chi connectivity index (χ4n) is 6.55. The van der Waals surface area contributed by atoms with Gasteiger partial charge in [0.25, 0.3) is 5.91 Å². The van der Waals surface area contributed by atoms with Crippen LogP contribution in [0, 0.1) is 0 Å². The number of likely N-dealkylation sites (tertiary alicyclic amines) is 1. The summed E-state index contributed by atoms with van der Waals surface area (Å²) >= 11 is 13.9. The summed E-state index contributed by atoms with van der Waals surface area (Å²) in [5, 5.41) is 13.3. The average Bonchev–Trinajstić information content (AvgIpc) is 3.59. The molecule has 3 aromatic heterocycles. The Morgan fingerprint density at radius 1 is 0.962 bits per heavy atom. The lowest BCUT2D eigenvalue weighted by Gasteiger charge is -2.32. The lowest BCUT2D eigenvalue weighted by molar-refractivity contribution is -0.130. The smallest absolute Gasteiger partial charge is 0.274 e. The third-order valence-corrected chi connectivity index (χ3v) is 10.3. The lowest BCUT2D eigenvalue weighted by atomic mass is 10.0. The van der Waals surface area contributed by atoms with Gasteiger partial charge in [-0.25, -0.2) is 9.97 Å². The van der Waals surface area contributed by atoms with Crippen molar-refractivity contribution >= 4 is 46.6 Å². The minimum atomic E-state index is -0.450. The fourth-order valence-corrected chi connectivity index (χ4v) is 7.13. The van der Waals surface area contributed by atoms with Crippen molar-refractivity contribution in [3.63, 3.8) is 0 Å². The fraction of sp³-hybridized carbons (Fsp3) is 0.368. The van der Waals surface area contributed by atoms with E-state index in [1.165, 1.54) is 6.20 Å². The Morgan fingerprint density at radius 3 is 2.49 bits per heavy atom. The molecule has 0 radical (unpaired) electrons. The van der Waals surface area contributed by atoms with E-state index in [2.05, 4.69) is 31.2 Å². The zero-order valence-corrected chi connectivity index (χ0v) is 31.3. The first-order valence-corrected chi connectivity index (χ1v) is 18.2. The highest BCUT2D eigenvalue weighted by atomic mass is 35.5. The van der Waals surface area contributed by atoms with Gasteiger partial charge in [0.1, 0.15) is 11.4 Å². The predicted octanol–water partition coefficient (Wildman–Crippen LogP) is 5.25. The molecule has 0 saturated carbocycles. The summed E-state index contributed by atoms with van der Waals surface area (Å²) in [6, 6.07) is 12.8. The topological polar surface area (TPSA) is 160 Å². The molecule has 53 heavy (non-hydrogen) atoms. The number of nitrogens with one attached hydrogen (secondary N) is 4. The van der Waals surface area contributed by atoms with Crippen LogP contribution in [0.15, 0.2) is 54.9 Å². The van der Waals surface area contributed by atoms with E-state index in [1.54, 1.807) is 57.7 Å². The summed E-state index contributed by atoms with van der Waals surface area (Å²) in [4.78, 5) is 52.2. The number of aromatic nitrogens is 3. The highest BCUT2D eigenvalue weighted by molar-refractivity contribution is 6.39. The lowest BCUT2D eigenvalue weighted by Crippen LogP contribution is -2.44. The van der Waals surface area contributed by atoms with Gasteiger partial charge in [0.05, 0.1) is 47.5 Å². The van der Waals surface area contributed by atoms with Crippen LogP contribution in [0.5, 0.6) is 11.6 Å². The standard InChI is InChI=1S/C38H42Cl2N8O5/c1-22(49)48-15-12-25(13-16-48)43-19-24-17-31(44-21-32(24)52-2)37(51)46-30-6-4-5-28(34(30)39)36-35(40)27(11-14-42-36)29-9-7-23(38(47-29)53-3)18-41-20-26-8-10-33(50)45-26/h4-7,9,11,14,17,21,25-26,41,43H,8,10,12-13,15-16,18-20H2,1-3H3,(H,45,50)(H,46,51). The van der Waals surface area contributed by atoms with Crippen molar-refractivity contribution < 1.29 is 23.9 Å². The Hall–Kier alpha value is -4.82. The number of anilines is 1. The van der Waals surface area contributed by atoms with E-state index in [1.807, 2.05) is 17.0 Å². The number of ether oxygens (including phenoxy) is 2. The van der Waals surface area contributed by atoms with Crippen molar-refractivity contribution in [2.45, 2.75) is 57.8 Å². The molecule has 2 aliphatic heterocycles. The number of carbonyl (C=O) groups excluding carboxylic acids is 3. The minimum absolute atomic E-state index is 0.0797. The second-order valence-electron chi connectivity index (χ2n) is 13.0. The molecule has 6 rings (SSSR count). The van der Waals surface area contributed by atoms with Crippen LogP contribution in [0.4, 0.5) is 5.69 Å². The van der Waals surface area contributed by atoms with E-state index in [4.69, 9.17) is 37.7 Å². The maximum Gasteiger partial charge on any atom is 0.274 e. The van der Waals surface area contributed by atoms with Gasteiger partial charge in [-0.1, -0.05) is 41.4 Å². The monoisotopic (exact) mass is 760 g/mol. The van der Waals surface area contributed by atoms with Crippen LogP contribution in [0.25, 0.3) is 22.5 Å². The second kappa shape index (κ2) is 17.3. The van der Waals surface area contributed by atoms with Gasteiger partial charge >= 0.3 is 0 Å². The number of hydrogen-bond donors (Lipinski definition) is 4. The largest absolute Gasteiger partial charge is 0.495 e. The molecule has 2 aliphatic rings. The van der Waals surface area contributed by atoms with Crippen molar-refractivity contribution in [1.29, 1.82) is 0 Å². The number of amides is 3. The number of rotatable bonds is 13. The van der Waals surface area contributed by atoms with Crippen LogP contribution in [-0.2, 0) is 22.7 Å². The van der Waals surface area contributed by atoms with Gasteiger partial charge in [-0.3, -0.25) is 19.4 Å². The van der Waals surface area contributed by atoms with Gasteiger partial charge in [0, 0.05) is 86.6 Å². The van der Waals surface area contributed by atoms with E-state index < -0.39 is 5.91 Å². The summed E-state index contributed by atoms with van der Waals surface area (Å²) in [5.41, 5.74) is 4.34. The van der Waals surface area contributed by atoms with Crippen LogP contribution in [0.2, 0.25) is 10.0 Å². The number of pyridine rings is 3. The van der Waals surface area contributed by atoms with Crippen LogP contribution in [-0.4, -0.2) is 83.5 Å². The molecule has 4 N–H and O–H groups in total. The zero-order valence-electron chi connectivity index (χ0n) is 29.8. The molecule has 0 bridgehead atoms. The van der Waals surface area contributed by atoms with E-state index >= 15 is 0 Å². The Kier molecular flexibility index (Phi) is 12.4. The number of methoxy groups -OCH3 is 2. The van der Waals surface area contributed by atoms with E-state index in [9.17, 15) is 14.4 Å². The minimum Gasteiger partial charge on any atom is -0.495 e. The molecule has 1 aromatic carbocycles. The molecule has 3 amide bonds. The molecule has 13 nitrogen and oxygen atoms in total. The van der Waals surface area contributed by atoms with Crippen LogP contribution in [0.3, 0.4) is 0 Å². The Bertz CT molecular complexity index is 1990. The molecular weight excluding hydrogens is 719 g/mol. The number of halogens is 2. The van der Waals surface area contributed by atoms with Gasteiger partial charge in [-0.15, -0.1) is 0 Å². The van der Waals surface area contributed by atoms with Gasteiger partial charge in [0.15, 0.2) is 0 Å². The van der Waals surface area contributed by atoms with Gasteiger partial charge < -0.3 is 35.6 Å². The number of piperidine rings is 1. The number of hydrogen-bond acceptors (Lipinski definition) is 10. The number of nitrogens with zero attached hydrogens (tertiary/aromatic N) is 4. The van der Waals surface area contributed by atoms with Crippen molar-refractivity contribution in [2.75, 3.05) is 39.2 Å². The third kappa shape index (κ3) is 9.05. The van der Waals surface area contributed by atoms with Crippen LogP contribution >= 0.6 is 23.2 Å². The second-order valence-corrected chi connectivity index (χ2v) is 13.7. The highest BCUT2D eigenvalue weighted by Crippen LogP contribution is 2.40. The first kappa shape index (κ1) is 37.9. The first-order chi connectivity index (χ1) is 25.6. The maximum atomic E-state index is 13.5. The van der Waals surface area contributed by atoms with Crippen LogP contribution in [0.1, 0.15) is 54.2 Å². The Labute approximate surface area is 318 Å². The average molecular weight is 762 g/mol. The Balaban J connectivity index is 1.15. The molecule has 0 aliphatic carbocycles. The molecule has 278 valence electrons. The summed E-state index contributed by atoms with van der Waals surface area (Å²) in [6.45, 7) is 4.64. The van der Waals surface area contributed by atoms with Crippen molar-refractivity contribution in [2.24, 2.45) is 0 Å². The molecule has 0 spiro atoms. The molecule has 1 atom stereocenters. The summed E-state index contributed by atoms with van der Waals surface area (Å²) in [6.07, 6.45) is 6.21. The Morgan fingerprint density at radius 2 is 1.77 bits per heavy atom. The SMILES string of the molecule is COc1cnc(C(=O)Nc2cccc(-c3nccc(-c4ccc(CNCC5CCC(=O)N5)c(OC)n4)c3Cl)c2Cl)cc1CNC1CCN(C(C)=O)CC1. The van der Waals surface area contributed by atoms with E-state index in [0.29, 0.717) is 84.0 Å². The molecule has 4 aromatic rings.